The Balaban J connectivity index is 1.53. The Labute approximate surface area is 224 Å². The van der Waals surface area contributed by atoms with Crippen LogP contribution < -0.4 is 11.1 Å². The van der Waals surface area contributed by atoms with Gasteiger partial charge in [-0.25, -0.2) is 8.42 Å². The van der Waals surface area contributed by atoms with Gasteiger partial charge in [0.15, 0.2) is 15.6 Å². The number of carbonyl (C=O) groups is 1. The van der Waals surface area contributed by atoms with Crippen molar-refractivity contribution >= 4 is 21.2 Å². The van der Waals surface area contributed by atoms with E-state index < -0.39 is 45.4 Å². The Kier molecular flexibility index (Phi) is 6.64. The van der Waals surface area contributed by atoms with Crippen molar-refractivity contribution in [3.63, 3.8) is 0 Å². The number of alkyl halides is 3. The largest absolute Gasteiger partial charge is 0.471 e. The van der Waals surface area contributed by atoms with Crippen LogP contribution in [0.25, 0.3) is 17.0 Å². The Morgan fingerprint density at radius 1 is 1.25 bits per heavy atom. The smallest absolute Gasteiger partial charge is 0.419 e. The van der Waals surface area contributed by atoms with Gasteiger partial charge in [-0.1, -0.05) is 29.4 Å². The highest BCUT2D eigenvalue weighted by molar-refractivity contribution is 7.95. The standard InChI is InChI=1S/C24H18F3N7O5S/c1-11(8-28)20-32-33-21(38-20)15-7-14(17-18(35)16(29)10-40(36,37)22(17)30-9-15)6-12-2-4-13(5-3-12)19-31-23(39-34-19)24(25,26)27/h2-5,7,9,11,16,30H,6,10,29H2,1H3/t11?,16-/m0/s1. The molecule has 0 amide bonds. The van der Waals surface area contributed by atoms with Crippen molar-refractivity contribution in [3.05, 3.63) is 76.0 Å². The predicted octanol–water partition coefficient (Wildman–Crippen LogP) is 2.42. The molecule has 0 saturated heterocycles. The van der Waals surface area contributed by atoms with Crippen LogP contribution in [0.2, 0.25) is 0 Å². The number of sulfone groups is 1. The lowest BCUT2D eigenvalue weighted by atomic mass is 9.91. The molecule has 40 heavy (non-hydrogen) atoms. The molecule has 2 aliphatic rings. The average Bonchev–Trinajstić information content (AvgIpc) is 3.55. The van der Waals surface area contributed by atoms with Crippen molar-refractivity contribution in [3.8, 4) is 17.5 Å². The van der Waals surface area contributed by atoms with E-state index in [1.165, 1.54) is 24.4 Å². The van der Waals surface area contributed by atoms with E-state index in [2.05, 4.69) is 30.2 Å². The molecule has 0 aliphatic carbocycles. The molecule has 3 N–H and O–H groups in total. The fraction of sp³-hybridized carbons (Fsp3) is 0.250. The molecular formula is C24H18F3N7O5S. The molecule has 2 atom stereocenters. The molecule has 16 heteroatoms. The summed E-state index contributed by atoms with van der Waals surface area (Å²) in [6, 6.07) is 6.72. The van der Waals surface area contributed by atoms with E-state index in [-0.39, 0.29) is 51.3 Å². The van der Waals surface area contributed by atoms with Crippen LogP contribution in [0, 0.1) is 11.3 Å². The van der Waals surface area contributed by atoms with Crippen molar-refractivity contribution in [1.82, 2.24) is 25.7 Å². The number of Topliss-reactive ketones (excluding diaryl/α,β-unsaturated/α-hetero) is 1. The fourth-order valence-corrected chi connectivity index (χ4v) is 5.62. The van der Waals surface area contributed by atoms with Gasteiger partial charge in [0, 0.05) is 11.8 Å². The first kappa shape index (κ1) is 27.0. The molecule has 206 valence electrons. The quantitative estimate of drug-likeness (QED) is 0.454. The summed E-state index contributed by atoms with van der Waals surface area (Å²) >= 11 is 0. The number of rotatable bonds is 5. The molecule has 1 aromatic carbocycles. The molecule has 0 fully saturated rings. The zero-order valence-corrected chi connectivity index (χ0v) is 21.2. The van der Waals surface area contributed by atoms with E-state index in [1.807, 2.05) is 6.07 Å². The van der Waals surface area contributed by atoms with E-state index in [9.17, 15) is 26.4 Å². The van der Waals surface area contributed by atoms with Crippen LogP contribution in [-0.4, -0.2) is 46.3 Å². The molecule has 4 heterocycles. The number of nitriles is 1. The molecule has 0 spiro atoms. The zero-order chi connectivity index (χ0) is 28.8. The summed E-state index contributed by atoms with van der Waals surface area (Å²) in [5, 5.41) is 22.6. The molecule has 0 saturated carbocycles. The van der Waals surface area contributed by atoms with Gasteiger partial charge in [0.05, 0.1) is 29.0 Å². The summed E-state index contributed by atoms with van der Waals surface area (Å²) in [7, 11) is -3.98. The van der Waals surface area contributed by atoms with E-state index in [4.69, 9.17) is 15.4 Å². The van der Waals surface area contributed by atoms with Crippen LogP contribution >= 0.6 is 0 Å². The molecule has 1 unspecified atom stereocenters. The van der Waals surface area contributed by atoms with Gasteiger partial charge in [-0.05, 0) is 30.6 Å². The Morgan fingerprint density at radius 3 is 2.62 bits per heavy atom. The normalized spacial score (nSPS) is 19.6. The number of halogens is 3. The van der Waals surface area contributed by atoms with Gasteiger partial charge in [-0.2, -0.15) is 23.4 Å². The summed E-state index contributed by atoms with van der Waals surface area (Å²) in [6.45, 7) is 1.56. The van der Waals surface area contributed by atoms with Crippen LogP contribution in [0.4, 0.5) is 13.2 Å². The predicted molar refractivity (Wildman–Crippen MR) is 130 cm³/mol. The maximum absolute atomic E-state index is 13.1. The molecule has 5 rings (SSSR count). The maximum Gasteiger partial charge on any atom is 0.471 e. The number of ketones is 1. The number of carbonyl (C=O) groups excluding carboxylic acids is 1. The van der Waals surface area contributed by atoms with Crippen molar-refractivity contribution in [2.24, 2.45) is 5.73 Å². The third-order valence-corrected chi connectivity index (χ3v) is 7.80. The minimum atomic E-state index is -4.79. The first-order valence-electron chi connectivity index (χ1n) is 11.6. The summed E-state index contributed by atoms with van der Waals surface area (Å²) in [5.41, 5.74) is 7.05. The van der Waals surface area contributed by atoms with Crippen molar-refractivity contribution in [2.75, 3.05) is 5.75 Å². The van der Waals surface area contributed by atoms with E-state index in [1.54, 1.807) is 19.1 Å². The summed E-state index contributed by atoms with van der Waals surface area (Å²) < 4.78 is 74.2. The SMILES string of the molecule is CC(C#N)c1nnc(C2=CNC3=C(C(=O)[C@@H](N)CS3(=O)=O)C(Cc3ccc(-c4noc(C(F)(F)F)n4)cc3)=C2)o1. The van der Waals surface area contributed by atoms with Crippen LogP contribution in [-0.2, 0) is 27.2 Å². The van der Waals surface area contributed by atoms with Gasteiger partial charge < -0.3 is 20.0 Å². The molecule has 12 nitrogen and oxygen atoms in total. The highest BCUT2D eigenvalue weighted by atomic mass is 32.2. The Hall–Kier alpha value is -4.62. The average molecular weight is 574 g/mol. The molecule has 2 aromatic heterocycles. The topological polar surface area (TPSA) is 191 Å². The Bertz CT molecular complexity index is 1750. The number of allylic oxidation sites excluding steroid dienone is 3. The first-order valence-corrected chi connectivity index (χ1v) is 13.2. The fourth-order valence-electron chi connectivity index (χ4n) is 4.05. The van der Waals surface area contributed by atoms with Crippen LogP contribution in [0.15, 0.2) is 61.7 Å². The number of hydrogen-bond acceptors (Lipinski definition) is 12. The second-order valence-corrected chi connectivity index (χ2v) is 10.9. The van der Waals surface area contributed by atoms with Gasteiger partial charge in [-0.15, -0.1) is 10.2 Å². The van der Waals surface area contributed by atoms with Gasteiger partial charge in [0.25, 0.3) is 0 Å². The van der Waals surface area contributed by atoms with E-state index in [0.29, 0.717) is 5.56 Å². The summed E-state index contributed by atoms with van der Waals surface area (Å²) in [6.07, 6.45) is -1.98. The highest BCUT2D eigenvalue weighted by Crippen LogP contribution is 2.34. The van der Waals surface area contributed by atoms with Crippen molar-refractivity contribution < 1.29 is 35.3 Å². The third kappa shape index (κ3) is 5.03. The van der Waals surface area contributed by atoms with Gasteiger partial charge in [0.2, 0.25) is 17.6 Å². The number of aromatic nitrogens is 4. The van der Waals surface area contributed by atoms with Crippen LogP contribution in [0.3, 0.4) is 0 Å². The number of nitrogens with zero attached hydrogens (tertiary/aromatic N) is 5. The monoisotopic (exact) mass is 573 g/mol. The first-order chi connectivity index (χ1) is 18.9. The number of benzene rings is 1. The lowest BCUT2D eigenvalue weighted by Gasteiger charge is -2.24. The minimum absolute atomic E-state index is 0.0156. The van der Waals surface area contributed by atoms with Gasteiger partial charge >= 0.3 is 12.1 Å². The molecular weight excluding hydrogens is 555 g/mol. The zero-order valence-electron chi connectivity index (χ0n) is 20.4. The van der Waals surface area contributed by atoms with Gasteiger partial charge in [-0.3, -0.25) is 4.79 Å². The maximum atomic E-state index is 13.1. The van der Waals surface area contributed by atoms with Crippen molar-refractivity contribution in [1.29, 1.82) is 5.26 Å². The molecule has 3 aromatic rings. The van der Waals surface area contributed by atoms with Gasteiger partial charge in [0.1, 0.15) is 10.9 Å². The summed E-state index contributed by atoms with van der Waals surface area (Å²) in [5.74, 6) is -3.60. The Morgan fingerprint density at radius 2 is 1.98 bits per heavy atom. The molecule has 0 radical (unpaired) electrons. The summed E-state index contributed by atoms with van der Waals surface area (Å²) in [4.78, 5) is 16.5. The van der Waals surface area contributed by atoms with Crippen LogP contribution in [0.5, 0.6) is 0 Å². The lowest BCUT2D eigenvalue weighted by molar-refractivity contribution is -0.159. The minimum Gasteiger partial charge on any atom is -0.419 e. The second-order valence-electron chi connectivity index (χ2n) is 8.96. The number of nitrogens with one attached hydrogen (secondary N) is 1. The lowest BCUT2D eigenvalue weighted by Crippen LogP contribution is -2.45. The van der Waals surface area contributed by atoms with E-state index in [0.717, 1.165) is 0 Å². The van der Waals surface area contributed by atoms with Crippen molar-refractivity contribution in [2.45, 2.75) is 31.5 Å². The number of nitrogens with two attached hydrogens (primary N) is 1. The van der Waals surface area contributed by atoms with E-state index >= 15 is 0 Å². The second kappa shape index (κ2) is 9.84. The molecule has 0 bridgehead atoms. The third-order valence-electron chi connectivity index (χ3n) is 6.06. The highest BCUT2D eigenvalue weighted by Gasteiger charge is 2.40. The number of hydrogen-bond donors (Lipinski definition) is 2. The molecule has 2 aliphatic heterocycles. The van der Waals surface area contributed by atoms with Crippen LogP contribution in [0.1, 0.15) is 36.1 Å².